The fourth-order valence-corrected chi connectivity index (χ4v) is 3.96. The SMILES string of the molecule is CN(CCNS(C)(=O)=O)C(=O)Nc1ccc(F)cc1-c1nc2ccccc2s1. The minimum Gasteiger partial charge on any atom is -0.326 e. The molecule has 0 radical (unpaired) electrons. The number of carbonyl (C=O) groups is 1. The van der Waals surface area contributed by atoms with Gasteiger partial charge in [-0.25, -0.2) is 27.3 Å². The largest absolute Gasteiger partial charge is 0.326 e. The average molecular weight is 423 g/mol. The smallest absolute Gasteiger partial charge is 0.321 e. The fraction of sp³-hybridized carbons (Fsp3) is 0.222. The number of likely N-dealkylation sites (N-methyl/N-ethyl adjacent to an activating group) is 1. The van der Waals surface area contributed by atoms with Crippen LogP contribution in [0.4, 0.5) is 14.9 Å². The van der Waals surface area contributed by atoms with Gasteiger partial charge in [-0.15, -0.1) is 11.3 Å². The topological polar surface area (TPSA) is 91.4 Å². The molecule has 3 aromatic rings. The molecule has 0 fully saturated rings. The molecule has 3 rings (SSSR count). The van der Waals surface area contributed by atoms with Gasteiger partial charge in [0.15, 0.2) is 0 Å². The summed E-state index contributed by atoms with van der Waals surface area (Å²) in [5.74, 6) is -0.432. The van der Waals surface area contributed by atoms with Crippen molar-refractivity contribution in [3.05, 3.63) is 48.3 Å². The zero-order valence-corrected chi connectivity index (χ0v) is 16.9. The first-order valence-corrected chi connectivity index (χ1v) is 11.1. The summed E-state index contributed by atoms with van der Waals surface area (Å²) in [7, 11) is -1.78. The lowest BCUT2D eigenvalue weighted by Gasteiger charge is -2.19. The van der Waals surface area contributed by atoms with Crippen LogP contribution in [0, 0.1) is 5.82 Å². The molecule has 2 N–H and O–H groups in total. The molecule has 0 atom stereocenters. The minimum absolute atomic E-state index is 0.0941. The van der Waals surface area contributed by atoms with Gasteiger partial charge in [0.1, 0.15) is 10.8 Å². The number of anilines is 1. The van der Waals surface area contributed by atoms with Gasteiger partial charge in [-0.2, -0.15) is 0 Å². The van der Waals surface area contributed by atoms with Crippen LogP contribution in [0.25, 0.3) is 20.8 Å². The third-order valence-corrected chi connectivity index (χ3v) is 5.70. The lowest BCUT2D eigenvalue weighted by molar-refractivity contribution is 0.223. The molecule has 0 unspecified atom stereocenters. The summed E-state index contributed by atoms with van der Waals surface area (Å²) in [5, 5.41) is 3.33. The highest BCUT2D eigenvalue weighted by Gasteiger charge is 2.16. The molecule has 0 aliphatic rings. The van der Waals surface area contributed by atoms with Gasteiger partial charge in [0.2, 0.25) is 10.0 Å². The predicted octanol–water partition coefficient (Wildman–Crippen LogP) is 3.12. The molecule has 1 heterocycles. The molecule has 0 aliphatic carbocycles. The number of rotatable bonds is 6. The number of benzene rings is 2. The highest BCUT2D eigenvalue weighted by Crippen LogP contribution is 2.35. The number of hydrogen-bond acceptors (Lipinski definition) is 5. The number of urea groups is 1. The van der Waals surface area contributed by atoms with E-state index in [9.17, 15) is 17.6 Å². The lowest BCUT2D eigenvalue weighted by atomic mass is 10.2. The standard InChI is InChI=1S/C18H19FN4O3S2/c1-23(10-9-20-28(2,25)26)18(24)22-14-8-7-12(19)11-13(14)17-21-15-5-3-4-6-16(15)27-17/h3-8,11,20H,9-10H2,1-2H3,(H,22,24). The first-order chi connectivity index (χ1) is 13.2. The van der Waals surface area contributed by atoms with Crippen LogP contribution < -0.4 is 10.0 Å². The van der Waals surface area contributed by atoms with Crippen LogP contribution in [-0.2, 0) is 10.0 Å². The van der Waals surface area contributed by atoms with Gasteiger partial charge >= 0.3 is 6.03 Å². The Morgan fingerprint density at radius 2 is 2.00 bits per heavy atom. The average Bonchev–Trinajstić information content (AvgIpc) is 3.06. The summed E-state index contributed by atoms with van der Waals surface area (Å²) in [5.41, 5.74) is 1.71. The third kappa shape index (κ3) is 5.03. The Bertz CT molecular complexity index is 1080. The van der Waals surface area contributed by atoms with Crippen LogP contribution in [0.2, 0.25) is 0 Å². The summed E-state index contributed by atoms with van der Waals surface area (Å²) in [6, 6.07) is 11.2. The minimum atomic E-state index is -3.32. The lowest BCUT2D eigenvalue weighted by Crippen LogP contribution is -2.38. The number of nitrogens with one attached hydrogen (secondary N) is 2. The Kier molecular flexibility index (Phi) is 5.92. The number of thiazole rings is 1. The Morgan fingerprint density at radius 3 is 2.71 bits per heavy atom. The summed E-state index contributed by atoms with van der Waals surface area (Å²) in [4.78, 5) is 18.3. The van der Waals surface area contributed by atoms with Crippen LogP contribution in [0.15, 0.2) is 42.5 Å². The second-order valence-corrected chi connectivity index (χ2v) is 9.06. The van der Waals surface area contributed by atoms with E-state index in [1.165, 1.54) is 34.4 Å². The zero-order valence-electron chi connectivity index (χ0n) is 15.3. The van der Waals surface area contributed by atoms with E-state index in [1.54, 1.807) is 7.05 Å². The number of halogens is 1. The van der Waals surface area contributed by atoms with Gasteiger partial charge in [-0.3, -0.25) is 0 Å². The van der Waals surface area contributed by atoms with E-state index in [4.69, 9.17) is 0 Å². The Balaban J connectivity index is 1.79. The molecule has 0 aliphatic heterocycles. The number of para-hydroxylation sites is 1. The van der Waals surface area contributed by atoms with E-state index in [-0.39, 0.29) is 13.1 Å². The maximum absolute atomic E-state index is 13.9. The van der Waals surface area contributed by atoms with Crippen LogP contribution in [0.3, 0.4) is 0 Å². The maximum Gasteiger partial charge on any atom is 0.321 e. The van der Waals surface area contributed by atoms with Crippen molar-refractivity contribution >= 4 is 43.3 Å². The second-order valence-electron chi connectivity index (χ2n) is 6.19. The van der Waals surface area contributed by atoms with Gasteiger partial charge in [0.25, 0.3) is 0 Å². The molecular formula is C18H19FN4O3S2. The normalized spacial score (nSPS) is 11.5. The maximum atomic E-state index is 13.9. The van der Waals surface area contributed by atoms with E-state index in [2.05, 4.69) is 15.0 Å². The number of aromatic nitrogens is 1. The molecule has 0 saturated carbocycles. The van der Waals surface area contributed by atoms with Crippen LogP contribution in [0.5, 0.6) is 0 Å². The molecule has 1 aromatic heterocycles. The monoisotopic (exact) mass is 422 g/mol. The predicted molar refractivity (Wildman–Crippen MR) is 110 cm³/mol. The highest BCUT2D eigenvalue weighted by molar-refractivity contribution is 7.88. The second kappa shape index (κ2) is 8.21. The van der Waals surface area contributed by atoms with E-state index in [1.807, 2.05) is 24.3 Å². The van der Waals surface area contributed by atoms with Crippen molar-refractivity contribution in [3.8, 4) is 10.6 Å². The van der Waals surface area contributed by atoms with Crippen LogP contribution in [-0.4, -0.2) is 50.7 Å². The quantitative estimate of drug-likeness (QED) is 0.639. The van der Waals surface area contributed by atoms with Crippen molar-refractivity contribution in [2.75, 3.05) is 31.7 Å². The molecule has 10 heteroatoms. The Labute approximate surface area is 166 Å². The number of amides is 2. The number of sulfonamides is 1. The number of fused-ring (bicyclic) bond motifs is 1. The zero-order chi connectivity index (χ0) is 20.3. The molecule has 0 saturated heterocycles. The summed E-state index contributed by atoms with van der Waals surface area (Å²) in [6.07, 6.45) is 1.05. The first-order valence-electron chi connectivity index (χ1n) is 8.35. The van der Waals surface area contributed by atoms with Gasteiger partial charge in [-0.1, -0.05) is 12.1 Å². The summed E-state index contributed by atoms with van der Waals surface area (Å²) in [6.45, 7) is 0.271. The Morgan fingerprint density at radius 1 is 1.25 bits per heavy atom. The van der Waals surface area contributed by atoms with E-state index < -0.39 is 21.9 Å². The van der Waals surface area contributed by atoms with Crippen molar-refractivity contribution in [3.63, 3.8) is 0 Å². The van der Waals surface area contributed by atoms with Gasteiger partial charge in [0, 0.05) is 25.7 Å². The Hall–Kier alpha value is -2.56. The van der Waals surface area contributed by atoms with E-state index in [0.717, 1.165) is 16.5 Å². The first kappa shape index (κ1) is 20.2. The number of carbonyl (C=O) groups excluding carboxylic acids is 1. The number of nitrogens with zero attached hydrogens (tertiary/aromatic N) is 2. The van der Waals surface area contributed by atoms with E-state index in [0.29, 0.717) is 16.3 Å². The summed E-state index contributed by atoms with van der Waals surface area (Å²) < 4.78 is 39.4. The summed E-state index contributed by atoms with van der Waals surface area (Å²) >= 11 is 1.41. The third-order valence-electron chi connectivity index (χ3n) is 3.91. The van der Waals surface area contributed by atoms with Crippen molar-refractivity contribution in [2.24, 2.45) is 0 Å². The highest BCUT2D eigenvalue weighted by atomic mass is 32.2. The van der Waals surface area contributed by atoms with Crippen molar-refractivity contribution in [1.29, 1.82) is 0 Å². The van der Waals surface area contributed by atoms with Crippen LogP contribution in [0.1, 0.15) is 0 Å². The molecule has 2 aromatic carbocycles. The fourth-order valence-electron chi connectivity index (χ4n) is 2.50. The number of hydrogen-bond donors (Lipinski definition) is 2. The van der Waals surface area contributed by atoms with Crippen molar-refractivity contribution in [2.45, 2.75) is 0 Å². The molecule has 28 heavy (non-hydrogen) atoms. The van der Waals surface area contributed by atoms with Gasteiger partial charge in [-0.05, 0) is 30.3 Å². The van der Waals surface area contributed by atoms with E-state index >= 15 is 0 Å². The molecule has 148 valence electrons. The molecule has 7 nitrogen and oxygen atoms in total. The van der Waals surface area contributed by atoms with Crippen molar-refractivity contribution in [1.82, 2.24) is 14.6 Å². The molecule has 2 amide bonds. The molecule has 0 spiro atoms. The van der Waals surface area contributed by atoms with Gasteiger partial charge in [0.05, 0.1) is 22.2 Å². The van der Waals surface area contributed by atoms with Gasteiger partial charge < -0.3 is 10.2 Å². The van der Waals surface area contributed by atoms with Crippen LogP contribution >= 0.6 is 11.3 Å². The molecular weight excluding hydrogens is 403 g/mol. The molecule has 0 bridgehead atoms. The van der Waals surface area contributed by atoms with Crippen molar-refractivity contribution < 1.29 is 17.6 Å².